The predicted molar refractivity (Wildman–Crippen MR) is 143 cm³/mol. The molecule has 1 aromatic carbocycles. The molecule has 0 radical (unpaired) electrons. The molecule has 0 atom stereocenters. The van der Waals surface area contributed by atoms with Crippen molar-refractivity contribution in [3.05, 3.63) is 80.9 Å². The van der Waals surface area contributed by atoms with Gasteiger partial charge in [0.1, 0.15) is 11.6 Å². The summed E-state index contributed by atoms with van der Waals surface area (Å²) in [5.41, 5.74) is -0.376. The zero-order chi connectivity index (χ0) is 31.5. The first-order chi connectivity index (χ1) is 20.3. The predicted octanol–water partition coefficient (Wildman–Crippen LogP) is 5.82. The molecule has 2 heterocycles. The van der Waals surface area contributed by atoms with Crippen LogP contribution in [-0.4, -0.2) is 50.9 Å². The van der Waals surface area contributed by atoms with Crippen molar-refractivity contribution in [3.63, 3.8) is 0 Å². The van der Waals surface area contributed by atoms with E-state index in [1.165, 1.54) is 7.11 Å². The minimum Gasteiger partial charge on any atom is -0.326 e. The van der Waals surface area contributed by atoms with Crippen molar-refractivity contribution in [2.24, 2.45) is 5.92 Å². The van der Waals surface area contributed by atoms with Gasteiger partial charge in [-0.05, 0) is 43.4 Å². The molecule has 1 fully saturated rings. The molecule has 1 saturated carbocycles. The van der Waals surface area contributed by atoms with E-state index in [2.05, 4.69) is 20.4 Å². The number of pyridine rings is 1. The lowest BCUT2D eigenvalue weighted by Crippen LogP contribution is -2.37. The van der Waals surface area contributed by atoms with E-state index in [1.54, 1.807) is 0 Å². The molecule has 0 saturated heterocycles. The number of carbonyl (C=O) groups excluding carboxylic acids is 3. The summed E-state index contributed by atoms with van der Waals surface area (Å²) >= 11 is 12.1. The number of alkyl halides is 3. The first-order valence-electron chi connectivity index (χ1n) is 12.8. The van der Waals surface area contributed by atoms with Crippen LogP contribution < -0.4 is 5.48 Å². The van der Waals surface area contributed by atoms with Crippen LogP contribution in [0.3, 0.4) is 0 Å². The molecule has 2 amide bonds. The Hall–Kier alpha value is -3.62. The van der Waals surface area contributed by atoms with Crippen LogP contribution in [0.25, 0.3) is 0 Å². The average Bonchev–Trinajstić information content (AvgIpc) is 3.38. The van der Waals surface area contributed by atoms with Gasteiger partial charge < -0.3 is 4.90 Å². The Kier molecular flexibility index (Phi) is 10.0. The van der Waals surface area contributed by atoms with Gasteiger partial charge in [-0.15, -0.1) is 0 Å². The van der Waals surface area contributed by atoms with Crippen LogP contribution in [0, 0.1) is 17.6 Å². The highest BCUT2D eigenvalue weighted by Gasteiger charge is 2.43. The molecule has 1 N–H and O–H groups in total. The largest absolute Gasteiger partial charge is 0.433 e. The second-order valence-corrected chi connectivity index (χ2v) is 10.7. The highest BCUT2D eigenvalue weighted by Crippen LogP contribution is 2.39. The molecule has 0 bridgehead atoms. The van der Waals surface area contributed by atoms with Gasteiger partial charge in [0.15, 0.2) is 11.5 Å². The van der Waals surface area contributed by atoms with E-state index in [4.69, 9.17) is 23.2 Å². The number of rotatable bonds is 9. The highest BCUT2D eigenvalue weighted by molar-refractivity contribution is 6.39. The van der Waals surface area contributed by atoms with Gasteiger partial charge in [0, 0.05) is 30.9 Å². The molecule has 1 aliphatic rings. The van der Waals surface area contributed by atoms with Crippen molar-refractivity contribution in [3.8, 4) is 0 Å². The van der Waals surface area contributed by atoms with E-state index in [0.717, 1.165) is 30.7 Å². The number of hydrogen-bond acceptors (Lipinski definition) is 6. The van der Waals surface area contributed by atoms with Crippen LogP contribution >= 0.6 is 23.2 Å². The molecule has 0 unspecified atom stereocenters. The Morgan fingerprint density at radius 3 is 2.19 bits per heavy atom. The van der Waals surface area contributed by atoms with Crippen molar-refractivity contribution >= 4 is 40.8 Å². The second-order valence-electron chi connectivity index (χ2n) is 9.87. The summed E-state index contributed by atoms with van der Waals surface area (Å²) in [5.74, 6) is -4.97. The normalized spacial score (nSPS) is 17.0. The van der Waals surface area contributed by atoms with Gasteiger partial charge in [-0.2, -0.15) is 18.3 Å². The van der Waals surface area contributed by atoms with Gasteiger partial charge in [-0.1, -0.05) is 23.2 Å². The van der Waals surface area contributed by atoms with Crippen LogP contribution in [0.1, 0.15) is 63.7 Å². The number of carbonyl (C=O) groups is 3. The third-order valence-electron chi connectivity index (χ3n) is 6.96. The fraction of sp³-hybridized carbons (Fsp3) is 0.370. The first kappa shape index (κ1) is 32.3. The molecular formula is C27H24Cl2F5N5O4. The summed E-state index contributed by atoms with van der Waals surface area (Å²) in [7, 11) is 1.27. The third kappa shape index (κ3) is 7.48. The van der Waals surface area contributed by atoms with Crippen molar-refractivity contribution in [1.82, 2.24) is 25.1 Å². The number of ketones is 1. The molecule has 4 rings (SSSR count). The Labute approximate surface area is 251 Å². The van der Waals surface area contributed by atoms with Crippen molar-refractivity contribution in [2.75, 3.05) is 13.7 Å². The monoisotopic (exact) mass is 647 g/mol. The molecule has 230 valence electrons. The maximum atomic E-state index is 14.5. The fourth-order valence-electron chi connectivity index (χ4n) is 5.07. The molecule has 3 aromatic rings. The van der Waals surface area contributed by atoms with Gasteiger partial charge in [0.25, 0.3) is 5.91 Å². The van der Waals surface area contributed by atoms with Crippen LogP contribution in [0.5, 0.6) is 0 Å². The Morgan fingerprint density at radius 1 is 1.02 bits per heavy atom. The molecule has 1 aliphatic carbocycles. The summed E-state index contributed by atoms with van der Waals surface area (Å²) in [6, 6.07) is 1.56. The number of nitrogens with zero attached hydrogens (tertiary/aromatic N) is 4. The van der Waals surface area contributed by atoms with Crippen LogP contribution in [-0.2, 0) is 22.4 Å². The highest BCUT2D eigenvalue weighted by atomic mass is 35.5. The van der Waals surface area contributed by atoms with E-state index in [9.17, 15) is 36.3 Å². The molecule has 9 nitrogen and oxygen atoms in total. The Bertz CT molecular complexity index is 1490. The average molecular weight is 648 g/mol. The maximum Gasteiger partial charge on any atom is 0.433 e. The third-order valence-corrected chi connectivity index (χ3v) is 7.53. The number of benzene rings is 1. The lowest BCUT2D eigenvalue weighted by Gasteiger charge is -2.29. The van der Waals surface area contributed by atoms with Crippen molar-refractivity contribution < 1.29 is 41.2 Å². The lowest BCUT2D eigenvalue weighted by atomic mass is 9.85. The quantitative estimate of drug-likeness (QED) is 0.178. The first-order valence-corrected chi connectivity index (χ1v) is 13.6. The number of nitrogens with one attached hydrogen (secondary N) is 1. The number of aromatic nitrogens is 3. The standard InChI is InChI=1S/C27H24Cl2F5N5O4/c1-43-37-25(41)15-2-4-18(5-3-15)39-24(27(32,33)34)19(9-36-39)26(42)38(12-14-6-16(30)8-17(31)7-14)13-22(40)23-20(28)10-35-11-21(23)29/h6-11,15,18H,2-5,12-13H2,1H3,(H,37,41)/t15-,18-. The van der Waals surface area contributed by atoms with E-state index >= 15 is 0 Å². The fourth-order valence-corrected chi connectivity index (χ4v) is 5.64. The van der Waals surface area contributed by atoms with Gasteiger partial charge in [0.05, 0.1) is 47.1 Å². The number of halogens is 7. The molecular weight excluding hydrogens is 624 g/mol. The van der Waals surface area contributed by atoms with Crippen molar-refractivity contribution in [1.29, 1.82) is 0 Å². The van der Waals surface area contributed by atoms with Crippen molar-refractivity contribution in [2.45, 2.75) is 44.4 Å². The van der Waals surface area contributed by atoms with E-state index < -0.39 is 71.7 Å². The molecule has 2 aromatic heterocycles. The smallest absolute Gasteiger partial charge is 0.326 e. The minimum absolute atomic E-state index is 0.126. The minimum atomic E-state index is -5.05. The van der Waals surface area contributed by atoms with Crippen LogP contribution in [0.4, 0.5) is 22.0 Å². The van der Waals surface area contributed by atoms with Crippen LogP contribution in [0.15, 0.2) is 36.8 Å². The number of hydrogen-bond donors (Lipinski definition) is 1. The summed E-state index contributed by atoms with van der Waals surface area (Å²) < 4.78 is 72.0. The maximum absolute atomic E-state index is 14.5. The second kappa shape index (κ2) is 13.3. The van der Waals surface area contributed by atoms with Gasteiger partial charge in [-0.25, -0.2) is 14.3 Å². The summed E-state index contributed by atoms with van der Waals surface area (Å²) in [6.07, 6.45) is -1.26. The van der Waals surface area contributed by atoms with E-state index in [-0.39, 0.29) is 46.9 Å². The Morgan fingerprint density at radius 2 is 1.63 bits per heavy atom. The molecule has 0 aliphatic heterocycles. The SMILES string of the molecule is CONC(=O)[C@H]1CC[C@H](n2ncc(C(=O)N(CC(=O)c3c(Cl)cncc3Cl)Cc3cc(F)cc(F)c3)c2C(F)(F)F)CC1. The van der Waals surface area contributed by atoms with Gasteiger partial charge in [-0.3, -0.25) is 28.9 Å². The molecule has 43 heavy (non-hydrogen) atoms. The van der Waals surface area contributed by atoms with E-state index in [0.29, 0.717) is 15.6 Å². The summed E-state index contributed by atoms with van der Waals surface area (Å²) in [5, 5.41) is 3.55. The zero-order valence-electron chi connectivity index (χ0n) is 22.4. The summed E-state index contributed by atoms with van der Waals surface area (Å²) in [6.45, 7) is -1.48. The lowest BCUT2D eigenvalue weighted by molar-refractivity contribution is -0.146. The number of hydroxylamine groups is 1. The molecule has 0 spiro atoms. The topological polar surface area (TPSA) is 106 Å². The van der Waals surface area contributed by atoms with Gasteiger partial charge >= 0.3 is 6.18 Å². The van der Waals surface area contributed by atoms with Crippen LogP contribution in [0.2, 0.25) is 10.0 Å². The van der Waals surface area contributed by atoms with Gasteiger partial charge in [0.2, 0.25) is 5.91 Å². The zero-order valence-corrected chi connectivity index (χ0v) is 23.9. The Balaban J connectivity index is 1.69. The van der Waals surface area contributed by atoms with E-state index in [1.807, 2.05) is 0 Å². The summed E-state index contributed by atoms with van der Waals surface area (Å²) in [4.78, 5) is 48.1. The molecule has 16 heteroatoms. The number of amides is 2. The number of Topliss-reactive ketones (excluding diaryl/α,β-unsaturated/α-hetero) is 1.